The average Bonchev–Trinajstić information content (AvgIpc) is 3.14. The summed E-state index contributed by atoms with van der Waals surface area (Å²) in [6.07, 6.45) is 1.81. The summed E-state index contributed by atoms with van der Waals surface area (Å²) in [5, 5.41) is 2.42. The number of hydrogen-bond acceptors (Lipinski definition) is 4. The summed E-state index contributed by atoms with van der Waals surface area (Å²) in [7, 11) is 0. The van der Waals surface area contributed by atoms with Crippen LogP contribution in [-0.2, 0) is 4.79 Å². The fraction of sp³-hybridized carbons (Fsp3) is 0.300. The number of rotatable bonds is 6. The third kappa shape index (κ3) is 4.61. The molecule has 0 atom stereocenters. The summed E-state index contributed by atoms with van der Waals surface area (Å²) in [4.78, 5) is 24.9. The van der Waals surface area contributed by atoms with E-state index in [1.165, 1.54) is 6.92 Å². The SMILES string of the molecule is CC(=O)c1ccc(OCC(=O)Nc2cc(F)c(N3CCCC3)c(F)c2)cc1. The number of benzene rings is 2. The molecular weight excluding hydrogens is 354 g/mol. The van der Waals surface area contributed by atoms with Gasteiger partial charge in [-0.15, -0.1) is 0 Å². The highest BCUT2D eigenvalue weighted by Gasteiger charge is 2.21. The maximum atomic E-state index is 14.3. The number of ketones is 1. The van der Waals surface area contributed by atoms with Crippen LogP contribution in [0.3, 0.4) is 0 Å². The molecule has 7 heteroatoms. The topological polar surface area (TPSA) is 58.6 Å². The van der Waals surface area contributed by atoms with Gasteiger partial charge in [-0.2, -0.15) is 0 Å². The van der Waals surface area contributed by atoms with Crippen molar-refractivity contribution >= 4 is 23.1 Å². The number of nitrogens with zero attached hydrogens (tertiary/aromatic N) is 1. The molecule has 0 saturated carbocycles. The average molecular weight is 374 g/mol. The number of nitrogens with one attached hydrogen (secondary N) is 1. The number of amides is 1. The Balaban J connectivity index is 1.59. The van der Waals surface area contributed by atoms with Crippen LogP contribution < -0.4 is 15.0 Å². The minimum Gasteiger partial charge on any atom is -0.484 e. The van der Waals surface area contributed by atoms with E-state index in [0.717, 1.165) is 25.0 Å². The Kier molecular flexibility index (Phi) is 5.69. The molecule has 1 heterocycles. The molecule has 1 N–H and O–H groups in total. The molecule has 0 spiro atoms. The Morgan fingerprint density at radius 1 is 1.07 bits per heavy atom. The summed E-state index contributed by atoms with van der Waals surface area (Å²) < 4.78 is 33.9. The fourth-order valence-electron chi connectivity index (χ4n) is 3.01. The first-order valence-corrected chi connectivity index (χ1v) is 8.71. The summed E-state index contributed by atoms with van der Waals surface area (Å²) in [6, 6.07) is 8.56. The molecule has 0 aromatic heterocycles. The van der Waals surface area contributed by atoms with Gasteiger partial charge in [-0.25, -0.2) is 8.78 Å². The Morgan fingerprint density at radius 2 is 1.67 bits per heavy atom. The third-order valence-corrected chi connectivity index (χ3v) is 4.35. The highest BCUT2D eigenvalue weighted by atomic mass is 19.1. The second kappa shape index (κ2) is 8.16. The third-order valence-electron chi connectivity index (χ3n) is 4.35. The number of carbonyl (C=O) groups is 2. The smallest absolute Gasteiger partial charge is 0.262 e. The van der Waals surface area contributed by atoms with E-state index in [0.29, 0.717) is 24.4 Å². The van der Waals surface area contributed by atoms with Crippen LogP contribution in [0.5, 0.6) is 5.75 Å². The highest BCUT2D eigenvalue weighted by Crippen LogP contribution is 2.29. The van der Waals surface area contributed by atoms with Gasteiger partial charge in [-0.3, -0.25) is 9.59 Å². The van der Waals surface area contributed by atoms with Gasteiger partial charge in [0.1, 0.15) is 11.4 Å². The van der Waals surface area contributed by atoms with E-state index >= 15 is 0 Å². The van der Waals surface area contributed by atoms with E-state index in [9.17, 15) is 18.4 Å². The van der Waals surface area contributed by atoms with Gasteiger partial charge in [-0.05, 0) is 56.2 Å². The van der Waals surface area contributed by atoms with Crippen LogP contribution in [0.2, 0.25) is 0 Å². The summed E-state index contributed by atoms with van der Waals surface area (Å²) in [5.74, 6) is -1.60. The van der Waals surface area contributed by atoms with Gasteiger partial charge in [-0.1, -0.05) is 0 Å². The standard InChI is InChI=1S/C20H20F2N2O3/c1-13(25)14-4-6-16(7-5-14)27-12-19(26)23-15-10-17(21)20(18(22)11-15)24-8-2-3-9-24/h4-7,10-11H,2-3,8-9,12H2,1H3,(H,23,26). The maximum absolute atomic E-state index is 14.3. The lowest BCUT2D eigenvalue weighted by Gasteiger charge is -2.19. The van der Waals surface area contributed by atoms with Crippen LogP contribution in [-0.4, -0.2) is 31.4 Å². The zero-order valence-corrected chi connectivity index (χ0v) is 14.9. The van der Waals surface area contributed by atoms with Crippen LogP contribution in [0.15, 0.2) is 36.4 Å². The second-order valence-electron chi connectivity index (χ2n) is 6.40. The first-order valence-electron chi connectivity index (χ1n) is 8.71. The van der Waals surface area contributed by atoms with Gasteiger partial charge >= 0.3 is 0 Å². The summed E-state index contributed by atoms with van der Waals surface area (Å²) >= 11 is 0. The van der Waals surface area contributed by atoms with Crippen molar-refractivity contribution in [2.45, 2.75) is 19.8 Å². The van der Waals surface area contributed by atoms with Crippen molar-refractivity contribution < 1.29 is 23.1 Å². The van der Waals surface area contributed by atoms with E-state index in [1.54, 1.807) is 29.2 Å². The van der Waals surface area contributed by atoms with Gasteiger partial charge in [0.15, 0.2) is 24.0 Å². The number of hydrogen-bond donors (Lipinski definition) is 1. The molecule has 0 bridgehead atoms. The molecule has 0 unspecified atom stereocenters. The molecule has 0 radical (unpaired) electrons. The van der Waals surface area contributed by atoms with Gasteiger partial charge in [0.2, 0.25) is 0 Å². The predicted molar refractivity (Wildman–Crippen MR) is 98.4 cm³/mol. The lowest BCUT2D eigenvalue weighted by atomic mass is 10.1. The number of halogens is 2. The second-order valence-corrected chi connectivity index (χ2v) is 6.40. The monoisotopic (exact) mass is 374 g/mol. The quantitative estimate of drug-likeness (QED) is 0.782. The summed E-state index contributed by atoms with van der Waals surface area (Å²) in [5.41, 5.74) is 0.525. The minimum atomic E-state index is -0.701. The number of ether oxygens (including phenoxy) is 1. The van der Waals surface area contributed by atoms with Gasteiger partial charge < -0.3 is 15.0 Å². The van der Waals surface area contributed by atoms with Gasteiger partial charge in [0, 0.05) is 24.3 Å². The van der Waals surface area contributed by atoms with E-state index in [1.807, 2.05) is 0 Å². The predicted octanol–water partition coefficient (Wildman–Crippen LogP) is 3.79. The number of Topliss-reactive ketones (excluding diaryl/α,β-unsaturated/α-hetero) is 1. The molecule has 1 aliphatic rings. The minimum absolute atomic E-state index is 0.0356. The molecule has 1 amide bonds. The van der Waals surface area contributed by atoms with E-state index in [2.05, 4.69) is 5.32 Å². The molecule has 1 aliphatic heterocycles. The van der Waals surface area contributed by atoms with Crippen molar-refractivity contribution in [3.8, 4) is 5.75 Å². The molecule has 1 saturated heterocycles. The van der Waals surface area contributed by atoms with Crippen LogP contribution in [0.4, 0.5) is 20.2 Å². The highest BCUT2D eigenvalue weighted by molar-refractivity contribution is 5.94. The molecule has 0 aliphatic carbocycles. The molecule has 2 aromatic rings. The van der Waals surface area contributed by atoms with Crippen LogP contribution in [0, 0.1) is 11.6 Å². The first-order chi connectivity index (χ1) is 12.9. The van der Waals surface area contributed by atoms with Crippen molar-refractivity contribution in [3.05, 3.63) is 53.6 Å². The Morgan fingerprint density at radius 3 is 2.22 bits per heavy atom. The van der Waals surface area contributed by atoms with Crippen molar-refractivity contribution in [2.75, 3.05) is 29.9 Å². The van der Waals surface area contributed by atoms with Gasteiger partial charge in [0.05, 0.1) is 0 Å². The lowest BCUT2D eigenvalue weighted by Crippen LogP contribution is -2.22. The Hall–Kier alpha value is -2.96. The van der Waals surface area contributed by atoms with Gasteiger partial charge in [0.25, 0.3) is 5.91 Å². The van der Waals surface area contributed by atoms with Crippen molar-refractivity contribution in [1.82, 2.24) is 0 Å². The lowest BCUT2D eigenvalue weighted by molar-refractivity contribution is -0.118. The Bertz CT molecular complexity index is 824. The zero-order chi connectivity index (χ0) is 19.4. The molecule has 3 rings (SSSR count). The molecular formula is C20H20F2N2O3. The van der Waals surface area contributed by atoms with Crippen LogP contribution >= 0.6 is 0 Å². The van der Waals surface area contributed by atoms with Crippen LogP contribution in [0.1, 0.15) is 30.1 Å². The summed E-state index contributed by atoms with van der Waals surface area (Å²) in [6.45, 7) is 2.37. The normalized spacial score (nSPS) is 13.5. The molecule has 2 aromatic carbocycles. The van der Waals surface area contributed by atoms with E-state index in [4.69, 9.17) is 4.74 Å². The molecule has 5 nitrogen and oxygen atoms in total. The Labute approximate surface area is 155 Å². The van der Waals surface area contributed by atoms with E-state index in [-0.39, 0.29) is 23.8 Å². The van der Waals surface area contributed by atoms with E-state index < -0.39 is 17.5 Å². The molecule has 27 heavy (non-hydrogen) atoms. The van der Waals surface area contributed by atoms with Crippen molar-refractivity contribution in [2.24, 2.45) is 0 Å². The number of carbonyl (C=O) groups excluding carboxylic acids is 2. The fourth-order valence-corrected chi connectivity index (χ4v) is 3.01. The first kappa shape index (κ1) is 18.8. The van der Waals surface area contributed by atoms with Crippen molar-refractivity contribution in [1.29, 1.82) is 0 Å². The largest absolute Gasteiger partial charge is 0.484 e. The molecule has 1 fully saturated rings. The van der Waals surface area contributed by atoms with Crippen LogP contribution in [0.25, 0.3) is 0 Å². The zero-order valence-electron chi connectivity index (χ0n) is 14.9. The maximum Gasteiger partial charge on any atom is 0.262 e. The number of anilines is 2. The molecule has 142 valence electrons. The van der Waals surface area contributed by atoms with Crippen molar-refractivity contribution in [3.63, 3.8) is 0 Å².